The molecule has 0 aromatic carbocycles. The van der Waals surface area contributed by atoms with Gasteiger partial charge in [0.2, 0.25) is 0 Å². The molecule has 282 valence electrons. The van der Waals surface area contributed by atoms with Gasteiger partial charge in [-0.3, -0.25) is 4.79 Å². The van der Waals surface area contributed by atoms with E-state index in [0.29, 0.717) is 17.3 Å². The van der Waals surface area contributed by atoms with Crippen molar-refractivity contribution in [2.45, 2.75) is 181 Å². The maximum Gasteiger partial charge on any atom is 0.303 e. The lowest BCUT2D eigenvalue weighted by molar-refractivity contribution is -0.147. The molecule has 0 bridgehead atoms. The summed E-state index contributed by atoms with van der Waals surface area (Å²) in [5.41, 5.74) is 4.50. The molecule has 4 nitrogen and oxygen atoms in total. The highest BCUT2D eigenvalue weighted by atomic mass is 32.1. The number of thiophene rings is 1. The first-order valence-electron chi connectivity index (χ1n) is 19.7. The highest BCUT2D eigenvalue weighted by Gasteiger charge is 2.51. The molecule has 0 aliphatic heterocycles. The first-order valence-corrected chi connectivity index (χ1v) is 26.4. The van der Waals surface area contributed by atoms with Crippen molar-refractivity contribution in [1.29, 1.82) is 0 Å². The quantitative estimate of drug-likeness (QED) is 0.158. The van der Waals surface area contributed by atoms with Crippen LogP contribution in [0.5, 0.6) is 0 Å². The molecule has 1 aromatic heterocycles. The van der Waals surface area contributed by atoms with Gasteiger partial charge in [-0.25, -0.2) is 0 Å². The monoisotopic (exact) mass is 740 g/mol. The SMILES string of the molecule is C=C1/C(=C\C=C2/CCC[C@]3(C)[C@@H]([C@H](C)CCCC(OC(C)=O)c4cccs4)CC[C@@H]23)C[C@@H](O[Si](C)(C)C(C)(C)C)C[C@@H]1O[Si](C)(C)C(C)(C)C. The lowest BCUT2D eigenvalue weighted by atomic mass is 9.60. The molecule has 1 aromatic rings. The van der Waals surface area contributed by atoms with Crippen molar-refractivity contribution in [2.75, 3.05) is 0 Å². The van der Waals surface area contributed by atoms with E-state index in [9.17, 15) is 4.79 Å². The molecule has 3 saturated carbocycles. The van der Waals surface area contributed by atoms with E-state index in [4.69, 9.17) is 20.2 Å². The molecule has 7 heteroatoms. The van der Waals surface area contributed by atoms with Gasteiger partial charge in [0, 0.05) is 18.2 Å². The molecular weight excluding hydrogens is 669 g/mol. The van der Waals surface area contributed by atoms with Gasteiger partial charge >= 0.3 is 5.97 Å². The number of carbonyl (C=O) groups is 1. The molecule has 1 unspecified atom stereocenters. The lowest BCUT2D eigenvalue weighted by Gasteiger charge is -2.46. The second-order valence-corrected chi connectivity index (χ2v) is 29.9. The number of ether oxygens (including phenoxy) is 1. The Hall–Kier alpha value is -1.26. The molecule has 1 heterocycles. The van der Waals surface area contributed by atoms with Gasteiger partial charge in [0.1, 0.15) is 6.10 Å². The average molecular weight is 741 g/mol. The van der Waals surface area contributed by atoms with Crippen LogP contribution in [0.4, 0.5) is 0 Å². The fourth-order valence-corrected chi connectivity index (χ4v) is 12.2. The van der Waals surface area contributed by atoms with Crippen molar-refractivity contribution < 1.29 is 18.4 Å². The number of fused-ring (bicyclic) bond motifs is 1. The molecule has 0 spiro atoms. The second kappa shape index (κ2) is 16.0. The van der Waals surface area contributed by atoms with Gasteiger partial charge in [-0.2, -0.15) is 0 Å². The van der Waals surface area contributed by atoms with Crippen LogP contribution in [0, 0.1) is 23.2 Å². The summed E-state index contributed by atoms with van der Waals surface area (Å²) in [6, 6.07) is 4.15. The number of carbonyl (C=O) groups excluding carboxylic acids is 1. The minimum absolute atomic E-state index is 0.0117. The van der Waals surface area contributed by atoms with Crippen LogP contribution in [-0.2, 0) is 18.4 Å². The minimum atomic E-state index is -2.00. The highest BCUT2D eigenvalue weighted by molar-refractivity contribution is 7.10. The zero-order chi connectivity index (χ0) is 37.3. The standard InChI is InChI=1S/C43H72O4SSi2/c1-30(18-15-20-38(45-32(3)44)40-21-17-27-48-40)36-24-25-37-33(19-16-26-43(36,37)10)22-23-34-28-35(46-49(11,12)41(4,5)6)29-39(31(34)2)47-50(13,14)42(7,8)9/h17,21-23,27,30,35-39H,2,15-16,18-20,24-26,28-29H2,1,3-14H3/b33-22+,34-23-/t30-,35-,36-,37+,38?,39+,43-/m1/s1. The summed E-state index contributed by atoms with van der Waals surface area (Å²) in [6.45, 7) is 34.8. The fourth-order valence-electron chi connectivity index (χ4n) is 8.74. The van der Waals surface area contributed by atoms with Crippen molar-refractivity contribution in [2.24, 2.45) is 23.2 Å². The molecule has 0 saturated heterocycles. The largest absolute Gasteiger partial charge is 0.457 e. The van der Waals surface area contributed by atoms with Gasteiger partial charge in [0.05, 0.1) is 12.2 Å². The number of rotatable bonds is 12. The predicted octanol–water partition coefficient (Wildman–Crippen LogP) is 13.4. The summed E-state index contributed by atoms with van der Waals surface area (Å²) in [5.74, 6) is 1.85. The van der Waals surface area contributed by atoms with Crippen LogP contribution in [-0.4, -0.2) is 34.8 Å². The molecule has 3 aliphatic carbocycles. The molecule has 0 radical (unpaired) electrons. The van der Waals surface area contributed by atoms with Gasteiger partial charge in [-0.05, 0) is 133 Å². The van der Waals surface area contributed by atoms with Crippen LogP contribution in [0.1, 0.15) is 138 Å². The number of hydrogen-bond donors (Lipinski definition) is 0. The Morgan fingerprint density at radius 3 is 2.30 bits per heavy atom. The zero-order valence-corrected chi connectivity index (χ0v) is 37.0. The molecule has 7 atom stereocenters. The third kappa shape index (κ3) is 9.64. The molecule has 0 N–H and O–H groups in total. The van der Waals surface area contributed by atoms with Crippen molar-refractivity contribution in [3.05, 3.63) is 57.8 Å². The summed E-state index contributed by atoms with van der Waals surface area (Å²) in [5, 5.41) is 2.38. The maximum atomic E-state index is 11.8. The number of hydrogen-bond acceptors (Lipinski definition) is 5. The topological polar surface area (TPSA) is 44.8 Å². The van der Waals surface area contributed by atoms with Gasteiger partial charge in [0.25, 0.3) is 0 Å². The molecule has 4 rings (SSSR count). The fraction of sp³-hybridized carbons (Fsp3) is 0.744. The van der Waals surface area contributed by atoms with Crippen LogP contribution in [0.2, 0.25) is 36.3 Å². The Labute approximate surface area is 313 Å². The van der Waals surface area contributed by atoms with Crippen molar-refractivity contribution in [3.63, 3.8) is 0 Å². The van der Waals surface area contributed by atoms with Crippen LogP contribution in [0.25, 0.3) is 0 Å². The van der Waals surface area contributed by atoms with E-state index in [1.807, 2.05) is 0 Å². The first-order chi connectivity index (χ1) is 23.1. The Morgan fingerprint density at radius 2 is 1.70 bits per heavy atom. The number of esters is 1. The lowest BCUT2D eigenvalue weighted by Crippen LogP contribution is -2.49. The molecule has 3 fully saturated rings. The van der Waals surface area contributed by atoms with E-state index in [0.717, 1.165) is 36.5 Å². The van der Waals surface area contributed by atoms with Crippen LogP contribution < -0.4 is 0 Å². The maximum absolute atomic E-state index is 11.8. The minimum Gasteiger partial charge on any atom is -0.457 e. The number of allylic oxidation sites excluding steroid dienone is 3. The molecular formula is C43H72O4SSi2. The summed E-state index contributed by atoms with van der Waals surface area (Å²) in [4.78, 5) is 13.0. The Balaban J connectivity index is 1.51. The Morgan fingerprint density at radius 1 is 1.04 bits per heavy atom. The van der Waals surface area contributed by atoms with Gasteiger partial charge in [-0.1, -0.05) is 92.2 Å². The van der Waals surface area contributed by atoms with Crippen LogP contribution in [0.15, 0.2) is 53.0 Å². The highest BCUT2D eigenvalue weighted by Crippen LogP contribution is 2.60. The summed E-state index contributed by atoms with van der Waals surface area (Å²) in [7, 11) is -3.94. The van der Waals surface area contributed by atoms with Crippen molar-refractivity contribution in [3.8, 4) is 0 Å². The Bertz CT molecular complexity index is 1380. The Kier molecular flexibility index (Phi) is 13.3. The van der Waals surface area contributed by atoms with Crippen molar-refractivity contribution >= 4 is 33.9 Å². The first kappa shape index (κ1) is 41.5. The normalized spacial score (nSPS) is 29.7. The van der Waals surface area contributed by atoms with E-state index >= 15 is 0 Å². The zero-order valence-electron chi connectivity index (χ0n) is 34.2. The van der Waals surface area contributed by atoms with E-state index in [-0.39, 0.29) is 34.4 Å². The second-order valence-electron chi connectivity index (χ2n) is 19.4. The molecule has 3 aliphatic rings. The third-order valence-corrected chi connectivity index (χ3v) is 23.7. The van der Waals surface area contributed by atoms with E-state index in [1.54, 1.807) is 16.9 Å². The van der Waals surface area contributed by atoms with Gasteiger partial charge < -0.3 is 13.6 Å². The molecule has 0 amide bonds. The smallest absolute Gasteiger partial charge is 0.303 e. The van der Waals surface area contributed by atoms with E-state index in [2.05, 4.69) is 111 Å². The van der Waals surface area contributed by atoms with Gasteiger partial charge in [0.15, 0.2) is 16.6 Å². The third-order valence-electron chi connectivity index (χ3n) is 13.8. The summed E-state index contributed by atoms with van der Waals surface area (Å²) >= 11 is 1.69. The predicted molar refractivity (Wildman–Crippen MR) is 219 cm³/mol. The van der Waals surface area contributed by atoms with Gasteiger partial charge in [-0.15, -0.1) is 11.3 Å². The average Bonchev–Trinajstić information content (AvgIpc) is 3.64. The van der Waals surface area contributed by atoms with Crippen LogP contribution in [0.3, 0.4) is 0 Å². The molecule has 50 heavy (non-hydrogen) atoms. The van der Waals surface area contributed by atoms with E-state index in [1.165, 1.54) is 56.6 Å². The summed E-state index contributed by atoms with van der Waals surface area (Å²) < 4.78 is 20.0. The summed E-state index contributed by atoms with van der Waals surface area (Å²) in [6.07, 6.45) is 16.4. The van der Waals surface area contributed by atoms with E-state index < -0.39 is 16.6 Å². The van der Waals surface area contributed by atoms with Crippen molar-refractivity contribution in [1.82, 2.24) is 0 Å². The van der Waals surface area contributed by atoms with Crippen LogP contribution >= 0.6 is 11.3 Å².